The van der Waals surface area contributed by atoms with Crippen molar-refractivity contribution in [2.45, 2.75) is 25.0 Å². The van der Waals surface area contributed by atoms with E-state index in [9.17, 15) is 9.59 Å². The van der Waals surface area contributed by atoms with Gasteiger partial charge in [0.15, 0.2) is 0 Å². The number of para-hydroxylation sites is 2. The molecule has 0 saturated heterocycles. The molecule has 2 N–H and O–H groups in total. The molecule has 7 heteroatoms. The number of nitrogens with one attached hydrogen (secondary N) is 2. The summed E-state index contributed by atoms with van der Waals surface area (Å²) in [5.74, 6) is -0.523. The molecule has 2 aromatic carbocycles. The number of esters is 1. The van der Waals surface area contributed by atoms with Crippen molar-refractivity contribution < 1.29 is 14.3 Å². The average molecular weight is 412 g/mol. The van der Waals surface area contributed by atoms with Crippen LogP contribution in [0.25, 0.3) is 21.8 Å². The zero-order valence-electron chi connectivity index (χ0n) is 16.9. The Kier molecular flexibility index (Phi) is 3.80. The van der Waals surface area contributed by atoms with Crippen LogP contribution >= 0.6 is 0 Å². The summed E-state index contributed by atoms with van der Waals surface area (Å²) in [5, 5.41) is 5.38. The smallest absolute Gasteiger partial charge is 0.356 e. The van der Waals surface area contributed by atoms with E-state index in [0.717, 1.165) is 40.3 Å². The van der Waals surface area contributed by atoms with Gasteiger partial charge in [0.25, 0.3) is 5.91 Å². The number of carbonyl (C=O) groups excluding carboxylic acids is 2. The highest BCUT2D eigenvalue weighted by Crippen LogP contribution is 2.42. The molecule has 1 amide bonds. The molecule has 1 fully saturated rings. The predicted octanol–water partition coefficient (Wildman–Crippen LogP) is 4.23. The molecule has 1 atom stereocenters. The number of amides is 1. The van der Waals surface area contributed by atoms with Gasteiger partial charge in [-0.3, -0.25) is 4.79 Å². The summed E-state index contributed by atoms with van der Waals surface area (Å²) >= 11 is 0. The van der Waals surface area contributed by atoms with Gasteiger partial charge in [0, 0.05) is 28.0 Å². The topological polar surface area (TPSA) is 87.3 Å². The van der Waals surface area contributed by atoms with Crippen molar-refractivity contribution in [3.63, 3.8) is 0 Å². The largest absolute Gasteiger partial charge is 0.464 e. The Bertz CT molecular complexity index is 1370. The Morgan fingerprint density at radius 1 is 1.10 bits per heavy atom. The predicted molar refractivity (Wildman–Crippen MR) is 117 cm³/mol. The summed E-state index contributed by atoms with van der Waals surface area (Å²) in [7, 11) is 1.35. The van der Waals surface area contributed by atoms with Gasteiger partial charge in [0.1, 0.15) is 17.6 Å². The maximum atomic E-state index is 13.4. The number of fused-ring (bicyclic) bond motifs is 4. The number of ether oxygens (including phenoxy) is 1. The summed E-state index contributed by atoms with van der Waals surface area (Å²) in [4.78, 5) is 35.9. The minimum absolute atomic E-state index is 0.0172. The standard InChI is InChI=1S/C24H20N4O3/c1-31-24(30)19-12-16-14-6-2-4-8-17(14)25-20(16)21(26-19)22-27-18-9-5-3-7-15(18)23(29)28(22)13-10-11-13/h2-9,12-13,22,25,27H,10-11H2,1H3. The third-order valence-corrected chi connectivity index (χ3v) is 6.08. The second kappa shape index (κ2) is 6.57. The lowest BCUT2D eigenvalue weighted by Crippen LogP contribution is -2.44. The van der Waals surface area contributed by atoms with Gasteiger partial charge in [-0.2, -0.15) is 0 Å². The number of hydrogen-bond donors (Lipinski definition) is 2. The zero-order valence-corrected chi connectivity index (χ0v) is 16.9. The first-order chi connectivity index (χ1) is 15.2. The van der Waals surface area contributed by atoms with Crippen LogP contribution in [0.1, 0.15) is 45.5 Å². The van der Waals surface area contributed by atoms with Crippen LogP contribution in [0.15, 0.2) is 54.6 Å². The number of hydrogen-bond acceptors (Lipinski definition) is 5. The van der Waals surface area contributed by atoms with Gasteiger partial charge in [-0.15, -0.1) is 0 Å². The quantitative estimate of drug-likeness (QED) is 0.492. The molecule has 1 aliphatic heterocycles. The highest BCUT2D eigenvalue weighted by atomic mass is 16.5. The molecule has 3 heterocycles. The highest BCUT2D eigenvalue weighted by molar-refractivity contribution is 6.10. The van der Waals surface area contributed by atoms with E-state index in [1.807, 2.05) is 53.4 Å². The summed E-state index contributed by atoms with van der Waals surface area (Å²) in [6, 6.07) is 17.3. The van der Waals surface area contributed by atoms with Crippen LogP contribution in [0.4, 0.5) is 5.69 Å². The Balaban J connectivity index is 1.62. The van der Waals surface area contributed by atoms with Gasteiger partial charge in [-0.25, -0.2) is 9.78 Å². The van der Waals surface area contributed by atoms with Crippen molar-refractivity contribution in [2.75, 3.05) is 12.4 Å². The second-order valence-electron chi connectivity index (χ2n) is 8.01. The van der Waals surface area contributed by atoms with Crippen molar-refractivity contribution in [3.05, 3.63) is 71.5 Å². The van der Waals surface area contributed by atoms with Gasteiger partial charge < -0.3 is 19.9 Å². The Morgan fingerprint density at radius 2 is 1.87 bits per heavy atom. The van der Waals surface area contributed by atoms with E-state index in [1.165, 1.54) is 7.11 Å². The maximum absolute atomic E-state index is 13.4. The van der Waals surface area contributed by atoms with E-state index in [0.29, 0.717) is 11.3 Å². The number of H-pyrrole nitrogens is 1. The molecule has 6 rings (SSSR count). The first-order valence-corrected chi connectivity index (χ1v) is 10.3. The summed E-state index contributed by atoms with van der Waals surface area (Å²) < 4.78 is 4.97. The summed E-state index contributed by atoms with van der Waals surface area (Å²) in [6.45, 7) is 0. The Hall–Kier alpha value is -3.87. The highest BCUT2D eigenvalue weighted by Gasteiger charge is 2.43. The fourth-order valence-corrected chi connectivity index (χ4v) is 4.48. The Morgan fingerprint density at radius 3 is 2.68 bits per heavy atom. The van der Waals surface area contributed by atoms with E-state index in [-0.39, 0.29) is 17.6 Å². The van der Waals surface area contributed by atoms with Crippen molar-refractivity contribution in [3.8, 4) is 0 Å². The first kappa shape index (κ1) is 17.9. The normalized spacial score (nSPS) is 18.2. The van der Waals surface area contributed by atoms with Crippen molar-refractivity contribution in [2.24, 2.45) is 0 Å². The van der Waals surface area contributed by atoms with Crippen LogP contribution in [0.2, 0.25) is 0 Å². The minimum atomic E-state index is -0.506. The molecule has 2 aromatic heterocycles. The van der Waals surface area contributed by atoms with E-state index in [4.69, 9.17) is 9.72 Å². The molecule has 31 heavy (non-hydrogen) atoms. The number of methoxy groups -OCH3 is 1. The third-order valence-electron chi connectivity index (χ3n) is 6.08. The van der Waals surface area contributed by atoms with Gasteiger partial charge in [0.2, 0.25) is 0 Å². The lowest BCUT2D eigenvalue weighted by atomic mass is 10.0. The zero-order chi connectivity index (χ0) is 21.1. The summed E-state index contributed by atoms with van der Waals surface area (Å²) in [6.07, 6.45) is 1.42. The lowest BCUT2D eigenvalue weighted by Gasteiger charge is -2.38. The van der Waals surface area contributed by atoms with E-state index in [1.54, 1.807) is 6.07 Å². The van der Waals surface area contributed by atoms with Gasteiger partial charge in [-0.1, -0.05) is 30.3 Å². The summed E-state index contributed by atoms with van der Waals surface area (Å²) in [5.41, 5.74) is 4.02. The van der Waals surface area contributed by atoms with Gasteiger partial charge in [-0.05, 0) is 37.1 Å². The molecule has 0 bridgehead atoms. The maximum Gasteiger partial charge on any atom is 0.356 e. The number of rotatable bonds is 3. The van der Waals surface area contributed by atoms with Crippen LogP contribution in [-0.2, 0) is 4.74 Å². The van der Waals surface area contributed by atoms with E-state index in [2.05, 4.69) is 10.3 Å². The van der Waals surface area contributed by atoms with Crippen LogP contribution < -0.4 is 5.32 Å². The number of aromatic nitrogens is 2. The van der Waals surface area contributed by atoms with E-state index < -0.39 is 12.1 Å². The van der Waals surface area contributed by atoms with E-state index >= 15 is 0 Å². The van der Waals surface area contributed by atoms with Crippen LogP contribution in [0.3, 0.4) is 0 Å². The van der Waals surface area contributed by atoms with Crippen molar-refractivity contribution >= 4 is 39.4 Å². The monoisotopic (exact) mass is 412 g/mol. The lowest BCUT2D eigenvalue weighted by molar-refractivity contribution is 0.0593. The number of aromatic amines is 1. The molecule has 1 aliphatic carbocycles. The molecule has 2 aliphatic rings. The average Bonchev–Trinajstić information content (AvgIpc) is 3.57. The third kappa shape index (κ3) is 2.70. The number of anilines is 1. The van der Waals surface area contributed by atoms with Crippen molar-refractivity contribution in [1.29, 1.82) is 0 Å². The fourth-order valence-electron chi connectivity index (χ4n) is 4.48. The molecular formula is C24H20N4O3. The number of nitrogens with zero attached hydrogens (tertiary/aromatic N) is 2. The van der Waals surface area contributed by atoms with Crippen LogP contribution in [0, 0.1) is 0 Å². The molecule has 0 spiro atoms. The number of carbonyl (C=O) groups is 2. The number of pyridine rings is 1. The molecule has 154 valence electrons. The fraction of sp³-hybridized carbons (Fsp3) is 0.208. The molecule has 0 radical (unpaired) electrons. The van der Waals surface area contributed by atoms with Gasteiger partial charge in [0.05, 0.1) is 18.2 Å². The molecule has 7 nitrogen and oxygen atoms in total. The van der Waals surface area contributed by atoms with Gasteiger partial charge >= 0.3 is 5.97 Å². The van der Waals surface area contributed by atoms with Crippen LogP contribution in [0.5, 0.6) is 0 Å². The minimum Gasteiger partial charge on any atom is -0.464 e. The molecule has 1 saturated carbocycles. The van der Waals surface area contributed by atoms with Crippen molar-refractivity contribution in [1.82, 2.24) is 14.9 Å². The second-order valence-corrected chi connectivity index (χ2v) is 8.01. The molecular weight excluding hydrogens is 392 g/mol. The first-order valence-electron chi connectivity index (χ1n) is 10.3. The molecule has 4 aromatic rings. The van der Waals surface area contributed by atoms with Crippen LogP contribution in [-0.4, -0.2) is 39.9 Å². The Labute approximate surface area is 178 Å². The molecule has 1 unspecified atom stereocenters. The SMILES string of the molecule is COC(=O)c1cc2c([nH]c3ccccc32)c(C2Nc3ccccc3C(=O)N2C2CC2)n1. The number of benzene rings is 2.